The van der Waals surface area contributed by atoms with Gasteiger partial charge < -0.3 is 4.90 Å². The van der Waals surface area contributed by atoms with E-state index in [0.717, 1.165) is 47.6 Å². The molecule has 1 N–H and O–H groups in total. The Bertz CT molecular complexity index is 1240. The van der Waals surface area contributed by atoms with Crippen molar-refractivity contribution in [3.8, 4) is 15.8 Å². The fourth-order valence-electron chi connectivity index (χ4n) is 3.52. The summed E-state index contributed by atoms with van der Waals surface area (Å²) in [7, 11) is 0. The molecule has 1 fully saturated rings. The Morgan fingerprint density at radius 3 is 2.62 bits per heavy atom. The predicted molar refractivity (Wildman–Crippen MR) is 138 cm³/mol. The van der Waals surface area contributed by atoms with Gasteiger partial charge in [0.1, 0.15) is 0 Å². The van der Waals surface area contributed by atoms with E-state index in [0.29, 0.717) is 23.5 Å². The number of nitrogens with zero attached hydrogens (tertiary/aromatic N) is 7. The highest BCUT2D eigenvalue weighted by molar-refractivity contribution is 7.99. The van der Waals surface area contributed by atoms with Crippen LogP contribution in [0.25, 0.3) is 9.75 Å². The summed E-state index contributed by atoms with van der Waals surface area (Å²) < 4.78 is 0. The Morgan fingerprint density at radius 1 is 1.00 bits per heavy atom. The number of benzene rings is 1. The quantitative estimate of drug-likeness (QED) is 0.355. The summed E-state index contributed by atoms with van der Waals surface area (Å²) in [5.74, 6) is 1.15. The van der Waals surface area contributed by atoms with Gasteiger partial charge in [0.15, 0.2) is 10.3 Å². The lowest BCUT2D eigenvalue weighted by molar-refractivity contribution is 0.262. The molecule has 0 amide bonds. The van der Waals surface area contributed by atoms with E-state index >= 15 is 0 Å². The number of piperazine rings is 1. The molecule has 0 saturated carbocycles. The van der Waals surface area contributed by atoms with Crippen molar-refractivity contribution in [2.75, 3.05) is 42.9 Å². The highest BCUT2D eigenvalue weighted by Crippen LogP contribution is 2.33. The lowest BCUT2D eigenvalue weighted by Crippen LogP contribution is -2.47. The van der Waals surface area contributed by atoms with Gasteiger partial charge in [-0.05, 0) is 35.3 Å². The topological polar surface area (TPSA) is 93.9 Å². The summed E-state index contributed by atoms with van der Waals surface area (Å²) in [6.07, 6.45) is 2.43. The molecule has 3 aromatic heterocycles. The van der Waals surface area contributed by atoms with Gasteiger partial charge in [-0.2, -0.15) is 20.2 Å². The zero-order valence-electron chi connectivity index (χ0n) is 18.3. The van der Waals surface area contributed by atoms with E-state index in [9.17, 15) is 0 Å². The fraction of sp³-hybridized carbons (Fsp3) is 0.261. The smallest absolute Gasteiger partial charge is 0.234 e. The number of thiazole rings is 1. The molecular formula is C23H22N8S3. The molecule has 5 rings (SSSR count). The second-order valence-electron chi connectivity index (χ2n) is 7.53. The van der Waals surface area contributed by atoms with Crippen molar-refractivity contribution in [3.05, 3.63) is 54.0 Å². The van der Waals surface area contributed by atoms with E-state index in [4.69, 9.17) is 15.2 Å². The Balaban J connectivity index is 1.37. The number of rotatable bonds is 8. The summed E-state index contributed by atoms with van der Waals surface area (Å²) in [5.41, 5.74) is 0. The minimum atomic E-state index is 0.488. The predicted octanol–water partition coefficient (Wildman–Crippen LogP) is 4.99. The number of anilines is 3. The van der Waals surface area contributed by atoms with E-state index in [2.05, 4.69) is 42.6 Å². The second-order valence-corrected chi connectivity index (χ2v) is 10.5. The number of hydrogen-bond donors (Lipinski definition) is 1. The third-order valence-corrected chi connectivity index (χ3v) is 8.09. The summed E-state index contributed by atoms with van der Waals surface area (Å²) >= 11 is 4.79. The Hall–Kier alpha value is -3.04. The van der Waals surface area contributed by atoms with Gasteiger partial charge >= 0.3 is 0 Å². The first-order valence-corrected chi connectivity index (χ1v) is 13.4. The van der Waals surface area contributed by atoms with Crippen molar-refractivity contribution < 1.29 is 0 Å². The van der Waals surface area contributed by atoms with Crippen molar-refractivity contribution in [1.82, 2.24) is 24.8 Å². The van der Waals surface area contributed by atoms with E-state index in [1.807, 2.05) is 42.6 Å². The maximum Gasteiger partial charge on any atom is 0.234 e. The Kier molecular flexibility index (Phi) is 7.31. The molecule has 34 heavy (non-hydrogen) atoms. The van der Waals surface area contributed by atoms with Gasteiger partial charge in [-0.25, -0.2) is 4.98 Å². The maximum atomic E-state index is 8.86. The lowest BCUT2D eigenvalue weighted by atomic mass is 10.3. The van der Waals surface area contributed by atoms with Crippen LogP contribution < -0.4 is 10.2 Å². The molecule has 4 heterocycles. The molecule has 172 valence electrons. The van der Waals surface area contributed by atoms with Gasteiger partial charge in [-0.3, -0.25) is 10.2 Å². The Morgan fingerprint density at radius 2 is 1.85 bits per heavy atom. The molecule has 0 atom stereocenters. The van der Waals surface area contributed by atoms with Crippen LogP contribution in [0.1, 0.15) is 6.42 Å². The molecule has 0 spiro atoms. The first-order valence-electron chi connectivity index (χ1n) is 10.9. The van der Waals surface area contributed by atoms with Gasteiger partial charge in [0, 0.05) is 55.1 Å². The van der Waals surface area contributed by atoms with Crippen LogP contribution >= 0.6 is 34.4 Å². The molecule has 1 saturated heterocycles. The van der Waals surface area contributed by atoms with E-state index < -0.39 is 0 Å². The van der Waals surface area contributed by atoms with Crippen molar-refractivity contribution in [3.63, 3.8) is 0 Å². The summed E-state index contributed by atoms with van der Waals surface area (Å²) in [4.78, 5) is 26.6. The molecular weight excluding hydrogens is 485 g/mol. The fourth-order valence-corrected chi connectivity index (χ4v) is 5.92. The lowest BCUT2D eigenvalue weighted by Gasteiger charge is -2.34. The first kappa shape index (κ1) is 22.7. The van der Waals surface area contributed by atoms with Gasteiger partial charge in [-0.15, -0.1) is 11.3 Å². The minimum absolute atomic E-state index is 0.488. The molecule has 11 heteroatoms. The average molecular weight is 507 g/mol. The zero-order chi connectivity index (χ0) is 23.2. The van der Waals surface area contributed by atoms with E-state index in [1.165, 1.54) is 16.6 Å². The summed E-state index contributed by atoms with van der Waals surface area (Å²) in [6, 6.07) is 16.5. The number of thiophene rings is 1. The first-order chi connectivity index (χ1) is 16.8. The van der Waals surface area contributed by atoms with Crippen molar-refractivity contribution in [2.24, 2.45) is 0 Å². The van der Waals surface area contributed by atoms with Crippen LogP contribution in [0.5, 0.6) is 0 Å². The summed E-state index contributed by atoms with van der Waals surface area (Å²) in [6.45, 7) is 4.19. The molecule has 0 aliphatic carbocycles. The number of nitrogens with one attached hydrogen (secondary N) is 1. The van der Waals surface area contributed by atoms with Crippen LogP contribution in [0.3, 0.4) is 0 Å². The molecule has 1 aliphatic heterocycles. The monoisotopic (exact) mass is 506 g/mol. The number of hydrogen-bond acceptors (Lipinski definition) is 11. The van der Waals surface area contributed by atoms with Gasteiger partial charge in [0.25, 0.3) is 0 Å². The van der Waals surface area contributed by atoms with Crippen LogP contribution in [0, 0.1) is 11.3 Å². The molecule has 1 aromatic carbocycles. The van der Waals surface area contributed by atoms with Crippen LogP contribution in [0.4, 0.5) is 17.0 Å². The van der Waals surface area contributed by atoms with Gasteiger partial charge in [-0.1, -0.05) is 35.6 Å². The standard InChI is InChI=1S/C23H22N8S3/c24-9-5-10-30-11-13-31(14-12-30)21-26-20(28-23(29-21)33-17-6-2-1-3-7-17)27-22-25-16-19(34-22)18-8-4-15-32-18/h1-4,6-8,15-16H,5,10-14H2,(H,25,26,27,28,29). The van der Waals surface area contributed by atoms with Crippen molar-refractivity contribution in [2.45, 2.75) is 16.5 Å². The zero-order valence-corrected chi connectivity index (χ0v) is 20.7. The van der Waals surface area contributed by atoms with E-state index in [1.54, 1.807) is 22.7 Å². The highest BCUT2D eigenvalue weighted by atomic mass is 32.2. The number of nitriles is 1. The van der Waals surface area contributed by atoms with Crippen LogP contribution in [0.15, 0.2) is 64.1 Å². The third kappa shape index (κ3) is 5.71. The second kappa shape index (κ2) is 10.9. The molecule has 4 aromatic rings. The van der Waals surface area contributed by atoms with Gasteiger partial charge in [0.2, 0.25) is 11.9 Å². The average Bonchev–Trinajstić information content (AvgIpc) is 3.56. The normalized spacial score (nSPS) is 14.1. The SMILES string of the molecule is N#CCCN1CCN(c2nc(Nc3ncc(-c4cccs4)s3)nc(Sc3ccccc3)n2)CC1. The molecule has 0 bridgehead atoms. The molecule has 0 radical (unpaired) electrons. The van der Waals surface area contributed by atoms with Crippen molar-refractivity contribution in [1.29, 1.82) is 5.26 Å². The number of aromatic nitrogens is 4. The van der Waals surface area contributed by atoms with Crippen molar-refractivity contribution >= 4 is 51.5 Å². The van der Waals surface area contributed by atoms with Gasteiger partial charge in [0.05, 0.1) is 10.9 Å². The minimum Gasteiger partial charge on any atom is -0.338 e. The third-order valence-electron chi connectivity index (χ3n) is 5.24. The Labute approximate surface area is 210 Å². The largest absolute Gasteiger partial charge is 0.338 e. The molecule has 1 aliphatic rings. The summed E-state index contributed by atoms with van der Waals surface area (Å²) in [5, 5.41) is 15.6. The maximum absolute atomic E-state index is 8.86. The molecule has 8 nitrogen and oxygen atoms in total. The van der Waals surface area contributed by atoms with E-state index in [-0.39, 0.29) is 0 Å². The highest BCUT2D eigenvalue weighted by Gasteiger charge is 2.21. The molecule has 0 unspecified atom stereocenters. The van der Waals surface area contributed by atoms with Crippen LogP contribution in [-0.4, -0.2) is 57.6 Å². The van der Waals surface area contributed by atoms with Crippen LogP contribution in [0.2, 0.25) is 0 Å². The van der Waals surface area contributed by atoms with Crippen LogP contribution in [-0.2, 0) is 0 Å².